The maximum Gasteiger partial charge on any atom is 0.303 e. The number of carbonyl (C=O) groups excluding carboxylic acids is 3. The number of nitrogens with one attached hydrogen (secondary N) is 1. The molecule has 0 aliphatic carbocycles. The van der Waals surface area contributed by atoms with Crippen LogP contribution in [0.25, 0.3) is 0 Å². The van der Waals surface area contributed by atoms with Crippen molar-refractivity contribution in [2.24, 2.45) is 0 Å². The number of amides is 3. The third kappa shape index (κ3) is 5.45. The van der Waals surface area contributed by atoms with Crippen LogP contribution in [0.3, 0.4) is 0 Å². The molecule has 1 aliphatic rings. The molecule has 0 radical (unpaired) electrons. The van der Waals surface area contributed by atoms with Gasteiger partial charge in [-0.05, 0) is 48.5 Å². The molecule has 2 aromatic rings. The average Bonchev–Trinajstić information content (AvgIpc) is 2.96. The monoisotopic (exact) mass is 476 g/mol. The molecule has 9 heteroatoms. The minimum atomic E-state index is -1.03. The second kappa shape index (κ2) is 9.23. The number of rotatable bonds is 7. The van der Waals surface area contributed by atoms with E-state index in [1.165, 1.54) is 16.7 Å². The van der Waals surface area contributed by atoms with Gasteiger partial charge < -0.3 is 10.4 Å². The fourth-order valence-corrected chi connectivity index (χ4v) is 4.10. The first-order valence-corrected chi connectivity index (χ1v) is 10.4. The van der Waals surface area contributed by atoms with Crippen LogP contribution in [0.15, 0.2) is 57.9 Å². The summed E-state index contributed by atoms with van der Waals surface area (Å²) in [6.07, 6.45) is -0.212. The summed E-state index contributed by atoms with van der Waals surface area (Å²) in [6, 6.07) is 13.8. The van der Waals surface area contributed by atoms with Crippen molar-refractivity contribution in [3.05, 3.63) is 53.0 Å². The summed E-state index contributed by atoms with van der Waals surface area (Å²) in [5.74, 6) is -1.90. The third-order valence-electron chi connectivity index (χ3n) is 4.17. The lowest BCUT2D eigenvalue weighted by molar-refractivity contribution is -0.138. The van der Waals surface area contributed by atoms with E-state index in [0.29, 0.717) is 11.4 Å². The molecular weight excluding hydrogens is 460 g/mol. The Kier molecular flexibility index (Phi) is 6.71. The highest BCUT2D eigenvalue weighted by atomic mass is 79.9. The fourth-order valence-electron chi connectivity index (χ4n) is 2.78. The summed E-state index contributed by atoms with van der Waals surface area (Å²) in [7, 11) is 0. The van der Waals surface area contributed by atoms with Gasteiger partial charge in [0.25, 0.3) is 0 Å². The summed E-state index contributed by atoms with van der Waals surface area (Å²) < 4.78 is 0.862. The minimum Gasteiger partial charge on any atom is -0.481 e. The van der Waals surface area contributed by atoms with Crippen molar-refractivity contribution in [1.82, 2.24) is 0 Å². The molecule has 1 aliphatic heterocycles. The first-order valence-electron chi connectivity index (χ1n) is 8.74. The van der Waals surface area contributed by atoms with Crippen molar-refractivity contribution in [2.75, 3.05) is 10.2 Å². The number of carboxylic acid groups (broad SMARTS) is 1. The molecule has 1 unspecified atom stereocenters. The highest BCUT2D eigenvalue weighted by Gasteiger charge is 2.40. The molecule has 0 saturated carbocycles. The quantitative estimate of drug-likeness (QED) is 0.590. The number of hydrogen-bond donors (Lipinski definition) is 2. The largest absolute Gasteiger partial charge is 0.481 e. The van der Waals surface area contributed by atoms with Gasteiger partial charge in [-0.3, -0.25) is 19.2 Å². The van der Waals surface area contributed by atoms with Gasteiger partial charge in [-0.25, -0.2) is 4.90 Å². The number of carbonyl (C=O) groups is 4. The van der Waals surface area contributed by atoms with E-state index < -0.39 is 11.2 Å². The Labute approximate surface area is 179 Å². The Morgan fingerprint density at radius 1 is 1.07 bits per heavy atom. The van der Waals surface area contributed by atoms with Gasteiger partial charge in [0.1, 0.15) is 0 Å². The zero-order valence-corrected chi connectivity index (χ0v) is 17.5. The van der Waals surface area contributed by atoms with Gasteiger partial charge >= 0.3 is 5.97 Å². The van der Waals surface area contributed by atoms with Crippen molar-refractivity contribution in [2.45, 2.75) is 29.4 Å². The van der Waals surface area contributed by atoms with Gasteiger partial charge in [0.15, 0.2) is 0 Å². The summed E-state index contributed by atoms with van der Waals surface area (Å²) in [5, 5.41) is 10.7. The molecule has 2 aromatic carbocycles. The second-order valence-electron chi connectivity index (χ2n) is 6.32. The number of benzene rings is 2. The van der Waals surface area contributed by atoms with E-state index in [1.807, 2.05) is 0 Å². The maximum absolute atomic E-state index is 12.7. The van der Waals surface area contributed by atoms with Gasteiger partial charge in [0.2, 0.25) is 17.7 Å². The van der Waals surface area contributed by atoms with Gasteiger partial charge in [-0.1, -0.05) is 15.9 Å². The highest BCUT2D eigenvalue weighted by molar-refractivity contribution is 9.10. The molecule has 0 spiro atoms. The first-order chi connectivity index (χ1) is 13.8. The number of hydrogen-bond acceptors (Lipinski definition) is 5. The Morgan fingerprint density at radius 2 is 1.72 bits per heavy atom. The Morgan fingerprint density at radius 3 is 2.34 bits per heavy atom. The van der Waals surface area contributed by atoms with Crippen LogP contribution in [0, 0.1) is 0 Å². The smallest absolute Gasteiger partial charge is 0.303 e. The maximum atomic E-state index is 12.7. The van der Waals surface area contributed by atoms with Gasteiger partial charge in [0.05, 0.1) is 17.4 Å². The standard InChI is InChI=1S/C20H17BrN2O5S/c21-12-1-5-14(6-2-12)23-18(25)11-16(20(23)28)29-15-7-3-13(4-8-15)22-17(24)9-10-19(26)27/h1-8,16H,9-11H2,(H,22,24)(H,26,27). The van der Waals surface area contributed by atoms with E-state index in [4.69, 9.17) is 5.11 Å². The lowest BCUT2D eigenvalue weighted by Gasteiger charge is -2.15. The number of anilines is 2. The van der Waals surface area contributed by atoms with Gasteiger partial charge in [-0.2, -0.15) is 0 Å². The van der Waals surface area contributed by atoms with Crippen LogP contribution >= 0.6 is 27.7 Å². The summed E-state index contributed by atoms with van der Waals surface area (Å²) in [4.78, 5) is 49.2. The summed E-state index contributed by atoms with van der Waals surface area (Å²) in [6.45, 7) is 0. The molecule has 7 nitrogen and oxygen atoms in total. The van der Waals surface area contributed by atoms with E-state index in [-0.39, 0.29) is 37.0 Å². The first kappa shape index (κ1) is 21.1. The molecule has 0 bridgehead atoms. The van der Waals surface area contributed by atoms with Crippen LogP contribution < -0.4 is 10.2 Å². The zero-order valence-electron chi connectivity index (χ0n) is 15.1. The van der Waals surface area contributed by atoms with Crippen LogP contribution in [0.2, 0.25) is 0 Å². The van der Waals surface area contributed by atoms with Crippen molar-refractivity contribution in [3.63, 3.8) is 0 Å². The molecule has 29 heavy (non-hydrogen) atoms. The summed E-state index contributed by atoms with van der Waals surface area (Å²) in [5.41, 5.74) is 1.08. The number of carboxylic acids is 1. The van der Waals surface area contributed by atoms with E-state index in [2.05, 4.69) is 21.2 Å². The highest BCUT2D eigenvalue weighted by Crippen LogP contribution is 2.34. The Hall–Kier alpha value is -2.65. The SMILES string of the molecule is O=C(O)CCC(=O)Nc1ccc(SC2CC(=O)N(c3ccc(Br)cc3)C2=O)cc1. The Bertz CT molecular complexity index is 946. The Balaban J connectivity index is 1.61. The second-order valence-corrected chi connectivity index (χ2v) is 8.51. The van der Waals surface area contributed by atoms with Crippen molar-refractivity contribution < 1.29 is 24.3 Å². The predicted octanol–water partition coefficient (Wildman–Crippen LogP) is 3.68. The molecule has 3 amide bonds. The lowest BCUT2D eigenvalue weighted by Crippen LogP contribution is -2.31. The molecule has 2 N–H and O–H groups in total. The van der Waals surface area contributed by atoms with Crippen molar-refractivity contribution in [3.8, 4) is 0 Å². The van der Waals surface area contributed by atoms with Crippen molar-refractivity contribution in [1.29, 1.82) is 0 Å². The van der Waals surface area contributed by atoms with Crippen LogP contribution in [0.4, 0.5) is 11.4 Å². The number of imide groups is 1. The molecular formula is C20H17BrN2O5S. The number of aliphatic carboxylic acids is 1. The molecule has 0 aromatic heterocycles. The minimum absolute atomic E-state index is 0.101. The molecule has 150 valence electrons. The van der Waals surface area contributed by atoms with E-state index in [1.54, 1.807) is 48.5 Å². The fraction of sp³-hybridized carbons (Fsp3) is 0.200. The topological polar surface area (TPSA) is 104 Å². The molecule has 1 atom stereocenters. The molecule has 3 rings (SSSR count). The third-order valence-corrected chi connectivity index (χ3v) is 5.90. The normalized spacial score (nSPS) is 16.2. The summed E-state index contributed by atoms with van der Waals surface area (Å²) >= 11 is 4.63. The van der Waals surface area contributed by atoms with Crippen LogP contribution in [-0.4, -0.2) is 34.0 Å². The van der Waals surface area contributed by atoms with Gasteiger partial charge in [0, 0.05) is 27.9 Å². The van der Waals surface area contributed by atoms with Crippen LogP contribution in [0.1, 0.15) is 19.3 Å². The van der Waals surface area contributed by atoms with Crippen LogP contribution in [0.5, 0.6) is 0 Å². The lowest BCUT2D eigenvalue weighted by atomic mass is 10.2. The van der Waals surface area contributed by atoms with Gasteiger partial charge in [-0.15, -0.1) is 11.8 Å². The molecule has 1 fully saturated rings. The van der Waals surface area contributed by atoms with E-state index in [0.717, 1.165) is 9.37 Å². The van der Waals surface area contributed by atoms with E-state index >= 15 is 0 Å². The molecule has 1 saturated heterocycles. The van der Waals surface area contributed by atoms with Crippen LogP contribution in [-0.2, 0) is 19.2 Å². The number of halogens is 1. The number of nitrogens with zero attached hydrogens (tertiary/aromatic N) is 1. The molecule has 1 heterocycles. The number of thioether (sulfide) groups is 1. The zero-order chi connectivity index (χ0) is 21.0. The predicted molar refractivity (Wildman–Crippen MR) is 113 cm³/mol. The average molecular weight is 477 g/mol. The van der Waals surface area contributed by atoms with E-state index in [9.17, 15) is 19.2 Å². The van der Waals surface area contributed by atoms with Crippen molar-refractivity contribution >= 4 is 62.8 Å².